The van der Waals surface area contributed by atoms with Crippen molar-refractivity contribution in [2.45, 2.75) is 50.7 Å². The van der Waals surface area contributed by atoms with Crippen molar-refractivity contribution in [3.8, 4) is 0 Å². The summed E-state index contributed by atoms with van der Waals surface area (Å²) in [6.07, 6.45) is 6.88. The zero-order chi connectivity index (χ0) is 15.4. The van der Waals surface area contributed by atoms with Crippen LogP contribution in [-0.4, -0.2) is 58.0 Å². The molecule has 1 aromatic rings. The van der Waals surface area contributed by atoms with E-state index < -0.39 is 0 Å². The highest BCUT2D eigenvalue weighted by atomic mass is 16.3. The molecule has 2 aliphatic rings. The van der Waals surface area contributed by atoms with Gasteiger partial charge in [-0.2, -0.15) is 5.10 Å². The highest BCUT2D eigenvalue weighted by Crippen LogP contribution is 2.39. The topological polar surface area (TPSA) is 70.4 Å². The molecule has 3 rings (SSSR count). The molecule has 0 radical (unpaired) electrons. The second kappa shape index (κ2) is 7.24. The number of hydrogen-bond acceptors (Lipinski definition) is 4. The summed E-state index contributed by atoms with van der Waals surface area (Å²) < 4.78 is 2.07. The van der Waals surface area contributed by atoms with Gasteiger partial charge < -0.3 is 10.4 Å². The van der Waals surface area contributed by atoms with Crippen molar-refractivity contribution in [2.75, 3.05) is 26.2 Å². The Morgan fingerprint density at radius 3 is 3.05 bits per heavy atom. The molecule has 122 valence electrons. The van der Waals surface area contributed by atoms with Gasteiger partial charge in [0.1, 0.15) is 0 Å². The number of nitrogens with one attached hydrogen (secondary N) is 1. The molecule has 2 N–H and O–H groups in total. The molecule has 1 atom stereocenters. The van der Waals surface area contributed by atoms with Gasteiger partial charge in [-0.25, -0.2) is 0 Å². The average molecular weight is 306 g/mol. The van der Waals surface area contributed by atoms with Gasteiger partial charge in [0.2, 0.25) is 5.91 Å². The lowest BCUT2D eigenvalue weighted by Gasteiger charge is -2.29. The summed E-state index contributed by atoms with van der Waals surface area (Å²) in [6.45, 7) is 3.46. The van der Waals surface area contributed by atoms with Crippen LogP contribution in [-0.2, 0) is 11.3 Å². The molecule has 1 amide bonds. The van der Waals surface area contributed by atoms with Crippen LogP contribution in [0.25, 0.3) is 0 Å². The number of carbonyl (C=O) groups is 1. The molecule has 1 aliphatic heterocycles. The Bertz CT molecular complexity index is 498. The predicted octanol–water partition coefficient (Wildman–Crippen LogP) is 0.724. The second-order valence-electron chi connectivity index (χ2n) is 6.49. The fraction of sp³-hybridized carbons (Fsp3) is 0.750. The minimum atomic E-state index is -0.276. The number of piperidine rings is 1. The Morgan fingerprint density at radius 1 is 1.41 bits per heavy atom. The number of hydrogen-bond donors (Lipinski definition) is 2. The Hall–Kier alpha value is -1.40. The SMILES string of the molecule is O=C(CN1CCCC(O)C1)NCCCn1nccc1C1CC1. The van der Waals surface area contributed by atoms with Crippen molar-refractivity contribution in [2.24, 2.45) is 0 Å². The molecule has 1 unspecified atom stereocenters. The van der Waals surface area contributed by atoms with E-state index in [1.807, 2.05) is 11.1 Å². The van der Waals surface area contributed by atoms with E-state index in [0.717, 1.165) is 32.4 Å². The molecular formula is C16H26N4O2. The van der Waals surface area contributed by atoms with Crippen molar-refractivity contribution in [3.05, 3.63) is 18.0 Å². The van der Waals surface area contributed by atoms with Crippen LogP contribution in [0.5, 0.6) is 0 Å². The number of aromatic nitrogens is 2. The summed E-state index contributed by atoms with van der Waals surface area (Å²) in [5, 5.41) is 16.9. The summed E-state index contributed by atoms with van der Waals surface area (Å²) in [5.74, 6) is 0.764. The number of carbonyl (C=O) groups excluding carboxylic acids is 1. The molecule has 1 aliphatic carbocycles. The van der Waals surface area contributed by atoms with Gasteiger partial charge in [-0.15, -0.1) is 0 Å². The molecule has 6 heteroatoms. The molecule has 2 fully saturated rings. The van der Waals surface area contributed by atoms with Gasteiger partial charge in [0, 0.05) is 37.4 Å². The van der Waals surface area contributed by atoms with Gasteiger partial charge in [-0.3, -0.25) is 14.4 Å². The zero-order valence-electron chi connectivity index (χ0n) is 13.1. The summed E-state index contributed by atoms with van der Waals surface area (Å²) in [4.78, 5) is 13.9. The minimum absolute atomic E-state index is 0.0528. The number of amides is 1. The van der Waals surface area contributed by atoms with E-state index in [-0.39, 0.29) is 12.0 Å². The molecule has 2 heterocycles. The third-order valence-electron chi connectivity index (χ3n) is 4.46. The number of aryl methyl sites for hydroxylation is 1. The highest BCUT2D eigenvalue weighted by Gasteiger charge is 2.26. The summed E-state index contributed by atoms with van der Waals surface area (Å²) in [5.41, 5.74) is 1.34. The van der Waals surface area contributed by atoms with Crippen LogP contribution in [0.15, 0.2) is 12.3 Å². The van der Waals surface area contributed by atoms with Gasteiger partial charge in [-0.1, -0.05) is 0 Å². The predicted molar refractivity (Wildman–Crippen MR) is 83.5 cm³/mol. The first-order chi connectivity index (χ1) is 10.7. The fourth-order valence-corrected chi connectivity index (χ4v) is 3.15. The van der Waals surface area contributed by atoms with E-state index in [1.54, 1.807) is 0 Å². The molecule has 1 aromatic heterocycles. The van der Waals surface area contributed by atoms with E-state index >= 15 is 0 Å². The average Bonchev–Trinajstić information content (AvgIpc) is 3.23. The van der Waals surface area contributed by atoms with Gasteiger partial charge in [0.25, 0.3) is 0 Å². The standard InChI is InChI=1S/C16H26N4O2/c21-14-3-1-9-19(11-14)12-16(22)17-7-2-10-20-15(6-8-18-20)13-4-5-13/h6,8,13-14,21H,1-5,7,9-12H2,(H,17,22). The largest absolute Gasteiger partial charge is 0.392 e. The molecule has 1 saturated heterocycles. The monoisotopic (exact) mass is 306 g/mol. The summed E-state index contributed by atoms with van der Waals surface area (Å²) in [7, 11) is 0. The molecule has 1 saturated carbocycles. The molecule has 0 bridgehead atoms. The third kappa shape index (κ3) is 4.30. The first kappa shape index (κ1) is 15.5. The number of nitrogens with zero attached hydrogens (tertiary/aromatic N) is 3. The lowest BCUT2D eigenvalue weighted by atomic mass is 10.1. The highest BCUT2D eigenvalue weighted by molar-refractivity contribution is 5.77. The number of rotatable bonds is 7. The van der Waals surface area contributed by atoms with Gasteiger partial charge in [0.05, 0.1) is 12.6 Å². The maximum Gasteiger partial charge on any atom is 0.234 e. The number of aliphatic hydroxyl groups is 1. The maximum absolute atomic E-state index is 11.9. The Kier molecular flexibility index (Phi) is 5.10. The van der Waals surface area contributed by atoms with Crippen LogP contribution in [0, 0.1) is 0 Å². The van der Waals surface area contributed by atoms with Gasteiger partial charge >= 0.3 is 0 Å². The molecular weight excluding hydrogens is 280 g/mol. The van der Waals surface area contributed by atoms with Crippen LogP contribution in [0.1, 0.15) is 43.7 Å². The molecule has 0 aromatic carbocycles. The number of aliphatic hydroxyl groups excluding tert-OH is 1. The van der Waals surface area contributed by atoms with E-state index in [0.29, 0.717) is 25.6 Å². The van der Waals surface area contributed by atoms with E-state index in [1.165, 1.54) is 18.5 Å². The van der Waals surface area contributed by atoms with E-state index in [4.69, 9.17) is 0 Å². The summed E-state index contributed by atoms with van der Waals surface area (Å²) >= 11 is 0. The fourth-order valence-electron chi connectivity index (χ4n) is 3.15. The molecule has 0 spiro atoms. The molecule has 6 nitrogen and oxygen atoms in total. The van der Waals surface area contributed by atoms with Crippen molar-refractivity contribution in [3.63, 3.8) is 0 Å². The Morgan fingerprint density at radius 2 is 2.27 bits per heavy atom. The van der Waals surface area contributed by atoms with Crippen molar-refractivity contribution in [1.29, 1.82) is 0 Å². The lowest BCUT2D eigenvalue weighted by molar-refractivity contribution is -0.122. The zero-order valence-corrected chi connectivity index (χ0v) is 13.1. The summed E-state index contributed by atoms with van der Waals surface area (Å²) in [6, 6.07) is 2.11. The van der Waals surface area contributed by atoms with Gasteiger partial charge in [-0.05, 0) is 44.7 Å². The smallest absolute Gasteiger partial charge is 0.234 e. The van der Waals surface area contributed by atoms with Crippen LogP contribution in [0.3, 0.4) is 0 Å². The normalized spacial score (nSPS) is 22.7. The Balaban J connectivity index is 1.32. The maximum atomic E-state index is 11.9. The number of likely N-dealkylation sites (tertiary alicyclic amines) is 1. The minimum Gasteiger partial charge on any atom is -0.392 e. The third-order valence-corrected chi connectivity index (χ3v) is 4.46. The quantitative estimate of drug-likeness (QED) is 0.728. The number of β-amino-alcohol motifs (C(OH)–C–C–N with tert-alkyl or cyclic N) is 1. The second-order valence-corrected chi connectivity index (χ2v) is 6.49. The van der Waals surface area contributed by atoms with Crippen LogP contribution < -0.4 is 5.32 Å². The van der Waals surface area contributed by atoms with Gasteiger partial charge in [0.15, 0.2) is 0 Å². The lowest BCUT2D eigenvalue weighted by Crippen LogP contribution is -2.44. The van der Waals surface area contributed by atoms with Crippen molar-refractivity contribution >= 4 is 5.91 Å². The van der Waals surface area contributed by atoms with Crippen LogP contribution in [0.4, 0.5) is 0 Å². The first-order valence-electron chi connectivity index (χ1n) is 8.41. The Labute approximate surface area is 131 Å². The van der Waals surface area contributed by atoms with Crippen LogP contribution >= 0.6 is 0 Å². The van der Waals surface area contributed by atoms with Crippen molar-refractivity contribution < 1.29 is 9.90 Å². The van der Waals surface area contributed by atoms with E-state index in [9.17, 15) is 9.90 Å². The first-order valence-corrected chi connectivity index (χ1v) is 8.41. The molecule has 22 heavy (non-hydrogen) atoms. The van der Waals surface area contributed by atoms with Crippen LogP contribution in [0.2, 0.25) is 0 Å². The van der Waals surface area contributed by atoms with Crippen molar-refractivity contribution in [1.82, 2.24) is 20.0 Å². The van der Waals surface area contributed by atoms with E-state index in [2.05, 4.69) is 21.2 Å².